The van der Waals surface area contributed by atoms with Crippen LogP contribution in [0.1, 0.15) is 75.3 Å². The number of pyridine rings is 1. The third kappa shape index (κ3) is 12.0. The van der Waals surface area contributed by atoms with Crippen LogP contribution in [0.5, 0.6) is 5.75 Å². The highest BCUT2D eigenvalue weighted by Gasteiger charge is 2.30. The summed E-state index contributed by atoms with van der Waals surface area (Å²) in [6, 6.07) is 7.34. The van der Waals surface area contributed by atoms with Gasteiger partial charge in [-0.3, -0.25) is 29.2 Å². The van der Waals surface area contributed by atoms with Crippen molar-refractivity contribution >= 4 is 36.1 Å². The standard InChI is InChI=1S/C32H43N5O10/c1-4-7-8-10-22(26(5-2)37(46)19-38)30(42)33-18-34-31(43)24-12-9-11-23(35-24)20-13-14-21(27(15-20)47-6-3)16-28(39)36-25(32(44)45)17-29(40)41/h9,11-15,19,22,25-26,46H,4-8,10,16-18H2,1-3H3,(H,33,42)(H,34,43)(H,36,39)(H,40,41)(H,44,45)/t22-,25+,26-/m1/s1. The summed E-state index contributed by atoms with van der Waals surface area (Å²) in [5.41, 5.74) is 1.45. The molecule has 0 saturated carbocycles. The molecule has 1 aromatic heterocycles. The molecule has 1 aromatic carbocycles. The van der Waals surface area contributed by atoms with Crippen LogP contribution in [0, 0.1) is 5.92 Å². The highest BCUT2D eigenvalue weighted by atomic mass is 16.5. The number of rotatable bonds is 21. The topological polar surface area (TPSA) is 225 Å². The molecule has 0 unspecified atom stereocenters. The number of aliphatic carboxylic acids is 2. The summed E-state index contributed by atoms with van der Waals surface area (Å²) < 4.78 is 5.69. The number of unbranched alkanes of at least 4 members (excludes halogenated alkanes) is 2. The number of carboxylic acids is 2. The number of carbonyl (C=O) groups is 6. The van der Waals surface area contributed by atoms with Crippen molar-refractivity contribution in [3.63, 3.8) is 0 Å². The van der Waals surface area contributed by atoms with E-state index < -0.39 is 54.1 Å². The molecule has 1 heterocycles. The Kier molecular flexibility index (Phi) is 15.8. The van der Waals surface area contributed by atoms with E-state index in [9.17, 15) is 39.1 Å². The van der Waals surface area contributed by atoms with Crippen LogP contribution in [0.25, 0.3) is 11.3 Å². The number of benzene rings is 1. The Morgan fingerprint density at radius 2 is 1.77 bits per heavy atom. The van der Waals surface area contributed by atoms with Crippen LogP contribution in [0.4, 0.5) is 0 Å². The Bertz CT molecular complexity index is 1400. The van der Waals surface area contributed by atoms with Gasteiger partial charge in [0, 0.05) is 11.1 Å². The number of nitrogens with one attached hydrogen (secondary N) is 3. The van der Waals surface area contributed by atoms with E-state index >= 15 is 0 Å². The van der Waals surface area contributed by atoms with Gasteiger partial charge < -0.3 is 30.9 Å². The molecule has 15 nitrogen and oxygen atoms in total. The van der Waals surface area contributed by atoms with Gasteiger partial charge >= 0.3 is 11.9 Å². The minimum atomic E-state index is -1.59. The van der Waals surface area contributed by atoms with Gasteiger partial charge in [0.05, 0.1) is 43.8 Å². The molecule has 0 aliphatic heterocycles. The van der Waals surface area contributed by atoms with Crippen molar-refractivity contribution in [1.29, 1.82) is 0 Å². The predicted octanol–water partition coefficient (Wildman–Crippen LogP) is 2.36. The second-order valence-corrected chi connectivity index (χ2v) is 10.7. The Balaban J connectivity index is 2.13. The van der Waals surface area contributed by atoms with Crippen LogP contribution < -0.4 is 20.7 Å². The summed E-state index contributed by atoms with van der Waals surface area (Å²) in [4.78, 5) is 76.3. The number of aromatic nitrogens is 1. The number of amides is 4. The molecule has 6 N–H and O–H groups in total. The van der Waals surface area contributed by atoms with E-state index in [0.717, 1.165) is 19.3 Å². The Morgan fingerprint density at radius 3 is 2.38 bits per heavy atom. The fourth-order valence-corrected chi connectivity index (χ4v) is 4.94. The van der Waals surface area contributed by atoms with Gasteiger partial charge in [0.25, 0.3) is 5.91 Å². The molecule has 0 aliphatic rings. The smallest absolute Gasteiger partial charge is 0.326 e. The predicted molar refractivity (Wildman–Crippen MR) is 168 cm³/mol. The van der Waals surface area contributed by atoms with Crippen molar-refractivity contribution in [1.82, 2.24) is 26.0 Å². The van der Waals surface area contributed by atoms with Gasteiger partial charge in [-0.1, -0.05) is 51.3 Å². The first kappa shape index (κ1) is 38.1. The molecule has 0 radical (unpaired) electrons. The zero-order chi connectivity index (χ0) is 34.9. The van der Waals surface area contributed by atoms with Gasteiger partial charge in [0.2, 0.25) is 18.2 Å². The van der Waals surface area contributed by atoms with Crippen LogP contribution in [-0.2, 0) is 30.4 Å². The minimum Gasteiger partial charge on any atom is -0.494 e. The zero-order valence-electron chi connectivity index (χ0n) is 26.7. The summed E-state index contributed by atoms with van der Waals surface area (Å²) in [5.74, 6) is -4.86. The van der Waals surface area contributed by atoms with E-state index in [1.807, 2.05) is 6.92 Å². The third-order valence-electron chi connectivity index (χ3n) is 7.31. The van der Waals surface area contributed by atoms with Gasteiger partial charge in [-0.2, -0.15) is 0 Å². The molecule has 0 saturated heterocycles. The van der Waals surface area contributed by atoms with Gasteiger partial charge in [0.15, 0.2) is 0 Å². The maximum absolute atomic E-state index is 13.0. The fourth-order valence-electron chi connectivity index (χ4n) is 4.94. The summed E-state index contributed by atoms with van der Waals surface area (Å²) in [6.45, 7) is 5.57. The molecular formula is C32H43N5O10. The highest BCUT2D eigenvalue weighted by Crippen LogP contribution is 2.27. The van der Waals surface area contributed by atoms with Crippen molar-refractivity contribution in [3.8, 4) is 17.0 Å². The molecule has 0 fully saturated rings. The molecule has 3 atom stereocenters. The summed E-state index contributed by atoms with van der Waals surface area (Å²) >= 11 is 0. The number of nitrogens with zero attached hydrogens (tertiary/aromatic N) is 2. The van der Waals surface area contributed by atoms with Crippen molar-refractivity contribution in [2.45, 2.75) is 77.8 Å². The van der Waals surface area contributed by atoms with Crippen LogP contribution >= 0.6 is 0 Å². The van der Waals surface area contributed by atoms with Gasteiger partial charge in [-0.15, -0.1) is 0 Å². The van der Waals surface area contributed by atoms with Crippen molar-refractivity contribution in [2.75, 3.05) is 13.3 Å². The lowest BCUT2D eigenvalue weighted by Crippen LogP contribution is -2.47. The van der Waals surface area contributed by atoms with E-state index in [0.29, 0.717) is 40.5 Å². The van der Waals surface area contributed by atoms with Crippen LogP contribution in [0.3, 0.4) is 0 Å². The first-order valence-corrected chi connectivity index (χ1v) is 15.4. The van der Waals surface area contributed by atoms with E-state index in [-0.39, 0.29) is 31.8 Å². The molecule has 4 amide bonds. The molecule has 0 spiro atoms. The van der Waals surface area contributed by atoms with Crippen molar-refractivity contribution in [3.05, 3.63) is 47.7 Å². The highest BCUT2D eigenvalue weighted by molar-refractivity contribution is 5.93. The number of carboxylic acid groups (broad SMARTS) is 2. The SMILES string of the molecule is CCCCC[C@@H](C(=O)NCNC(=O)c1cccc(-c2ccc(CC(=O)N[C@@H](CC(=O)O)C(=O)O)c(OCC)c2)n1)[C@@H](CC)N(O)C=O. The van der Waals surface area contributed by atoms with Gasteiger partial charge in [0.1, 0.15) is 17.5 Å². The summed E-state index contributed by atoms with van der Waals surface area (Å²) in [7, 11) is 0. The molecular weight excluding hydrogens is 614 g/mol. The maximum Gasteiger partial charge on any atom is 0.326 e. The van der Waals surface area contributed by atoms with E-state index in [1.54, 1.807) is 44.2 Å². The number of hydroxylamine groups is 2. The number of ether oxygens (including phenoxy) is 1. The lowest BCUT2D eigenvalue weighted by molar-refractivity contribution is -0.168. The fraction of sp³-hybridized carbons (Fsp3) is 0.469. The average molecular weight is 658 g/mol. The first-order valence-electron chi connectivity index (χ1n) is 15.4. The quantitative estimate of drug-likeness (QED) is 0.0376. The molecule has 0 aliphatic carbocycles. The lowest BCUT2D eigenvalue weighted by atomic mass is 9.90. The zero-order valence-corrected chi connectivity index (χ0v) is 26.7. The van der Waals surface area contributed by atoms with E-state index in [4.69, 9.17) is 9.84 Å². The second kappa shape index (κ2) is 19.5. The summed E-state index contributed by atoms with van der Waals surface area (Å²) in [5, 5.41) is 36.1. The van der Waals surface area contributed by atoms with Crippen LogP contribution in [0.15, 0.2) is 36.4 Å². The van der Waals surface area contributed by atoms with Crippen molar-refractivity contribution < 1.29 is 48.9 Å². The Hall–Kier alpha value is -5.05. The third-order valence-corrected chi connectivity index (χ3v) is 7.31. The number of hydrogen-bond acceptors (Lipinski definition) is 9. The number of hydrogen-bond donors (Lipinski definition) is 6. The van der Waals surface area contributed by atoms with E-state index in [2.05, 4.69) is 20.9 Å². The number of carbonyl (C=O) groups excluding carboxylic acids is 4. The maximum atomic E-state index is 13.0. The van der Waals surface area contributed by atoms with Crippen LogP contribution in [-0.4, -0.2) is 86.9 Å². The van der Waals surface area contributed by atoms with E-state index in [1.165, 1.54) is 6.07 Å². The van der Waals surface area contributed by atoms with Crippen molar-refractivity contribution in [2.24, 2.45) is 5.92 Å². The lowest BCUT2D eigenvalue weighted by Gasteiger charge is -2.29. The molecule has 47 heavy (non-hydrogen) atoms. The molecule has 0 bridgehead atoms. The molecule has 256 valence electrons. The van der Waals surface area contributed by atoms with Crippen LogP contribution in [0.2, 0.25) is 0 Å². The van der Waals surface area contributed by atoms with Gasteiger partial charge in [-0.25, -0.2) is 14.8 Å². The summed E-state index contributed by atoms with van der Waals surface area (Å²) in [6.07, 6.45) is 2.60. The molecule has 2 rings (SSSR count). The largest absolute Gasteiger partial charge is 0.494 e. The first-order chi connectivity index (χ1) is 22.4. The Morgan fingerprint density at radius 1 is 1.02 bits per heavy atom. The molecule has 2 aromatic rings. The molecule has 15 heteroatoms. The van der Waals surface area contributed by atoms with Gasteiger partial charge in [-0.05, 0) is 38.0 Å². The monoisotopic (exact) mass is 657 g/mol. The normalized spacial score (nSPS) is 12.6. The minimum absolute atomic E-state index is 0.0599. The Labute approximate surface area is 272 Å². The average Bonchev–Trinajstić information content (AvgIpc) is 3.04. The second-order valence-electron chi connectivity index (χ2n) is 10.7.